The highest BCUT2D eigenvalue weighted by Crippen LogP contribution is 2.29. The lowest BCUT2D eigenvalue weighted by Gasteiger charge is -2.31. The summed E-state index contributed by atoms with van der Waals surface area (Å²) in [4.78, 5) is 36.6. The zero-order valence-electron chi connectivity index (χ0n) is 24.7. The molecule has 0 aliphatic rings. The first-order chi connectivity index (χ1) is 21.9. The van der Waals surface area contributed by atoms with E-state index in [1.165, 1.54) is 45.2 Å². The minimum absolute atomic E-state index is 0.0397. The maximum Gasteiger partial charge on any atom is 0.251 e. The predicted molar refractivity (Wildman–Crippen MR) is 174 cm³/mol. The number of rotatable bonds is 10. The molecule has 0 saturated heterocycles. The molecule has 226 valence electrons. The smallest absolute Gasteiger partial charge is 0.251 e. The van der Waals surface area contributed by atoms with Crippen molar-refractivity contribution >= 4 is 45.6 Å². The molecule has 0 spiro atoms. The summed E-state index contributed by atoms with van der Waals surface area (Å²) >= 11 is 1.40. The van der Waals surface area contributed by atoms with Crippen molar-refractivity contribution in [2.75, 3.05) is 24.3 Å². The molecule has 0 bridgehead atoms. The Labute approximate surface area is 263 Å². The minimum Gasteiger partial charge on any atom is -0.378 e. The van der Waals surface area contributed by atoms with Gasteiger partial charge in [-0.15, -0.1) is 16.4 Å². The van der Waals surface area contributed by atoms with E-state index in [1.807, 2.05) is 91.1 Å². The Morgan fingerprint density at radius 3 is 2.36 bits per heavy atom. The van der Waals surface area contributed by atoms with Gasteiger partial charge in [-0.25, -0.2) is 14.1 Å². The summed E-state index contributed by atoms with van der Waals surface area (Å²) in [6.07, 6.45) is 0. The molecule has 6 aromatic rings. The van der Waals surface area contributed by atoms with Gasteiger partial charge in [0.05, 0.1) is 17.8 Å². The van der Waals surface area contributed by atoms with Gasteiger partial charge in [0, 0.05) is 36.4 Å². The maximum absolute atomic E-state index is 14.2. The second-order valence-electron chi connectivity index (χ2n) is 10.6. The first-order valence-corrected chi connectivity index (χ1v) is 15.1. The molecule has 1 N–H and O–H groups in total. The van der Waals surface area contributed by atoms with Crippen LogP contribution >= 0.6 is 11.3 Å². The van der Waals surface area contributed by atoms with Gasteiger partial charge in [-0.05, 0) is 54.1 Å². The van der Waals surface area contributed by atoms with Crippen molar-refractivity contribution in [3.8, 4) is 11.3 Å². The van der Waals surface area contributed by atoms with Crippen LogP contribution in [0.1, 0.15) is 16.6 Å². The first-order valence-electron chi connectivity index (χ1n) is 14.3. The van der Waals surface area contributed by atoms with Crippen LogP contribution in [0.3, 0.4) is 0 Å². The zero-order chi connectivity index (χ0) is 31.3. The van der Waals surface area contributed by atoms with Crippen LogP contribution in [-0.2, 0) is 22.7 Å². The van der Waals surface area contributed by atoms with E-state index in [9.17, 15) is 14.0 Å². The second kappa shape index (κ2) is 13.1. The van der Waals surface area contributed by atoms with Crippen LogP contribution in [0.5, 0.6) is 0 Å². The van der Waals surface area contributed by atoms with Crippen molar-refractivity contribution in [3.05, 3.63) is 125 Å². The number of hydrogen-bond acceptors (Lipinski definition) is 7. The summed E-state index contributed by atoms with van der Waals surface area (Å²) in [6, 6.07) is 29.0. The SMILES string of the molecule is CN(C)c1ccc(NC(=O)[C@H](c2ccc(F)cc2)N(Cc2nc(-c3ccccc3)cs2)C(=O)Cn2nnc3ccccc32)cc1. The Morgan fingerprint density at radius 1 is 0.911 bits per heavy atom. The fraction of sp³-hybridized carbons (Fsp3) is 0.147. The summed E-state index contributed by atoms with van der Waals surface area (Å²) < 4.78 is 15.6. The number of para-hydroxylation sites is 1. The number of hydrogen-bond donors (Lipinski definition) is 1. The van der Waals surface area contributed by atoms with Gasteiger partial charge in [0.15, 0.2) is 0 Å². The number of carbonyl (C=O) groups is 2. The Bertz CT molecular complexity index is 1920. The molecule has 0 aliphatic heterocycles. The highest BCUT2D eigenvalue weighted by molar-refractivity contribution is 7.09. The molecule has 2 aromatic heterocycles. The van der Waals surface area contributed by atoms with E-state index in [0.717, 1.165) is 16.9 Å². The molecule has 4 aromatic carbocycles. The van der Waals surface area contributed by atoms with Crippen LogP contribution in [0.15, 0.2) is 109 Å². The van der Waals surface area contributed by atoms with E-state index in [1.54, 1.807) is 12.1 Å². The van der Waals surface area contributed by atoms with Gasteiger partial charge < -0.3 is 15.1 Å². The fourth-order valence-corrected chi connectivity index (χ4v) is 5.82. The second-order valence-corrected chi connectivity index (χ2v) is 11.6. The van der Waals surface area contributed by atoms with Gasteiger partial charge >= 0.3 is 0 Å². The van der Waals surface area contributed by atoms with E-state index in [0.29, 0.717) is 27.3 Å². The van der Waals surface area contributed by atoms with Gasteiger partial charge in [-0.3, -0.25) is 9.59 Å². The Morgan fingerprint density at radius 2 is 1.62 bits per heavy atom. The number of nitrogens with zero attached hydrogens (tertiary/aromatic N) is 6. The lowest BCUT2D eigenvalue weighted by Crippen LogP contribution is -2.42. The molecule has 0 radical (unpaired) electrons. The number of thiazole rings is 1. The topological polar surface area (TPSA) is 96.2 Å². The number of nitrogens with one attached hydrogen (secondary N) is 1. The minimum atomic E-state index is -1.11. The Hall–Kier alpha value is -5.42. The predicted octanol–water partition coefficient (Wildman–Crippen LogP) is 6.17. The number of halogens is 1. The van der Waals surface area contributed by atoms with Crippen molar-refractivity contribution in [1.29, 1.82) is 0 Å². The molecule has 1 atom stereocenters. The lowest BCUT2D eigenvalue weighted by atomic mass is 10.0. The van der Waals surface area contributed by atoms with Crippen LogP contribution in [0, 0.1) is 5.82 Å². The molecule has 9 nitrogen and oxygen atoms in total. The molecular weight excluding hydrogens is 589 g/mol. The van der Waals surface area contributed by atoms with Crippen LogP contribution in [-0.4, -0.2) is 50.8 Å². The molecular formula is C34H30FN7O2S. The monoisotopic (exact) mass is 619 g/mol. The van der Waals surface area contributed by atoms with Gasteiger partial charge in [0.2, 0.25) is 5.91 Å². The van der Waals surface area contributed by atoms with E-state index in [-0.39, 0.29) is 19.0 Å². The quantitative estimate of drug-likeness (QED) is 0.197. The van der Waals surface area contributed by atoms with Crippen LogP contribution in [0.4, 0.5) is 15.8 Å². The van der Waals surface area contributed by atoms with E-state index in [2.05, 4.69) is 15.6 Å². The molecule has 2 heterocycles. The molecule has 11 heteroatoms. The lowest BCUT2D eigenvalue weighted by molar-refractivity contribution is -0.140. The van der Waals surface area contributed by atoms with Crippen molar-refractivity contribution in [2.45, 2.75) is 19.1 Å². The molecule has 45 heavy (non-hydrogen) atoms. The van der Waals surface area contributed by atoms with Crippen LogP contribution < -0.4 is 10.2 Å². The number of fused-ring (bicyclic) bond motifs is 1. The van der Waals surface area contributed by atoms with E-state index in [4.69, 9.17) is 4.98 Å². The van der Waals surface area contributed by atoms with Gasteiger partial charge in [0.1, 0.15) is 28.9 Å². The maximum atomic E-state index is 14.2. The highest BCUT2D eigenvalue weighted by atomic mass is 32.1. The van der Waals surface area contributed by atoms with Crippen molar-refractivity contribution < 1.29 is 14.0 Å². The average Bonchev–Trinajstić information content (AvgIpc) is 3.70. The van der Waals surface area contributed by atoms with Crippen molar-refractivity contribution in [3.63, 3.8) is 0 Å². The third-order valence-corrected chi connectivity index (χ3v) is 8.18. The van der Waals surface area contributed by atoms with Crippen LogP contribution in [0.2, 0.25) is 0 Å². The third-order valence-electron chi connectivity index (χ3n) is 7.35. The molecule has 6 rings (SSSR count). The van der Waals surface area contributed by atoms with E-state index < -0.39 is 17.8 Å². The van der Waals surface area contributed by atoms with Gasteiger partial charge in [-0.2, -0.15) is 0 Å². The standard InChI is InChI=1S/C34H30FN7O2S/c1-40(2)27-18-16-26(17-19-27)36-34(44)33(24-12-14-25(35)15-13-24)41(20-31-37-29(22-45-31)23-8-4-3-5-9-23)32(43)21-42-30-11-7-6-10-28(30)38-39-42/h3-19,22,33H,20-21H2,1-2H3,(H,36,44)/t33-/m0/s1. The molecule has 2 amide bonds. The largest absolute Gasteiger partial charge is 0.378 e. The number of carbonyl (C=O) groups excluding carboxylic acids is 2. The molecule has 0 fully saturated rings. The Kier molecular flexibility index (Phi) is 8.61. The van der Waals surface area contributed by atoms with E-state index >= 15 is 0 Å². The summed E-state index contributed by atoms with van der Waals surface area (Å²) in [7, 11) is 3.86. The number of benzene rings is 4. The number of amides is 2. The summed E-state index contributed by atoms with van der Waals surface area (Å²) in [5.41, 5.74) is 5.05. The number of aromatic nitrogens is 4. The summed E-state index contributed by atoms with van der Waals surface area (Å²) in [5, 5.41) is 13.9. The number of anilines is 2. The normalized spacial score (nSPS) is 11.7. The molecule has 0 unspecified atom stereocenters. The van der Waals surface area contributed by atoms with Crippen molar-refractivity contribution in [1.82, 2.24) is 24.9 Å². The van der Waals surface area contributed by atoms with Gasteiger partial charge in [-0.1, -0.05) is 59.8 Å². The zero-order valence-corrected chi connectivity index (χ0v) is 25.5. The molecule has 0 aliphatic carbocycles. The molecule has 0 saturated carbocycles. The van der Waals surface area contributed by atoms with Gasteiger partial charge in [0.25, 0.3) is 5.91 Å². The first kappa shape index (κ1) is 29.6. The highest BCUT2D eigenvalue weighted by Gasteiger charge is 2.33. The average molecular weight is 620 g/mol. The summed E-state index contributed by atoms with van der Waals surface area (Å²) in [5.74, 6) is -1.28. The van der Waals surface area contributed by atoms with Crippen molar-refractivity contribution in [2.24, 2.45) is 0 Å². The Balaban J connectivity index is 1.38. The summed E-state index contributed by atoms with van der Waals surface area (Å²) in [6.45, 7) is -0.127. The third kappa shape index (κ3) is 6.73. The fourth-order valence-electron chi connectivity index (χ4n) is 5.02. The van der Waals surface area contributed by atoms with Crippen LogP contribution in [0.25, 0.3) is 22.3 Å².